The molecule has 0 atom stereocenters. The molecule has 0 N–H and O–H groups in total. The summed E-state index contributed by atoms with van der Waals surface area (Å²) < 4.78 is 19.2. The van der Waals surface area contributed by atoms with Crippen LogP contribution in [0, 0.1) is 5.82 Å². The molecule has 0 bridgehead atoms. The van der Waals surface area contributed by atoms with Gasteiger partial charge in [-0.15, -0.1) is 0 Å². The van der Waals surface area contributed by atoms with Crippen molar-refractivity contribution in [2.75, 3.05) is 0 Å². The fraction of sp³-hybridized carbons (Fsp3) is 0. The summed E-state index contributed by atoms with van der Waals surface area (Å²) in [5.74, 6) is -1.11. The third kappa shape index (κ3) is 2.12. The lowest BCUT2D eigenvalue weighted by Crippen LogP contribution is -2.34. The maximum Gasteiger partial charge on any atom is 0.270 e. The van der Waals surface area contributed by atoms with Crippen LogP contribution in [0.1, 0.15) is 0 Å². The number of hydrogen-bond donors (Lipinski definition) is 0. The quantitative estimate of drug-likeness (QED) is 0.681. The third-order valence-corrected chi connectivity index (χ3v) is 3.10. The van der Waals surface area contributed by atoms with Crippen LogP contribution in [0.5, 0.6) is 5.95 Å². The average Bonchev–Trinajstić information content (AvgIpc) is 2.85. The molecule has 20 heavy (non-hydrogen) atoms. The second-order valence-corrected chi connectivity index (χ2v) is 4.49. The lowest BCUT2D eigenvalue weighted by atomic mass is 10.1. The Morgan fingerprint density at radius 1 is 1.15 bits per heavy atom. The van der Waals surface area contributed by atoms with Gasteiger partial charge in [-0.3, -0.25) is 0 Å². The van der Waals surface area contributed by atoms with E-state index in [4.69, 9.17) is 16.1 Å². The highest BCUT2D eigenvalue weighted by atomic mass is 35.5. The Labute approximate surface area is 118 Å². The van der Waals surface area contributed by atoms with Crippen molar-refractivity contribution in [3.8, 4) is 22.9 Å². The molecule has 0 radical (unpaired) electrons. The molecule has 0 aliphatic heterocycles. The van der Waals surface area contributed by atoms with Crippen molar-refractivity contribution in [1.29, 1.82) is 0 Å². The average molecular weight is 291 g/mol. The van der Waals surface area contributed by atoms with Crippen LogP contribution in [0.4, 0.5) is 4.39 Å². The zero-order valence-electron chi connectivity index (χ0n) is 10.1. The predicted octanol–water partition coefficient (Wildman–Crippen LogP) is 2.48. The number of halogens is 2. The van der Waals surface area contributed by atoms with Gasteiger partial charge in [0.2, 0.25) is 5.69 Å². The molecule has 0 aliphatic rings. The molecule has 0 amide bonds. The van der Waals surface area contributed by atoms with Gasteiger partial charge in [0.05, 0.1) is 15.9 Å². The Bertz CT molecular complexity index is 759. The first-order valence-electron chi connectivity index (χ1n) is 5.76. The number of benzene rings is 2. The molecule has 1 heterocycles. The van der Waals surface area contributed by atoms with Crippen LogP contribution in [0.15, 0.2) is 53.1 Å². The molecule has 2 aromatic carbocycles. The van der Waals surface area contributed by atoms with Crippen molar-refractivity contribution >= 4 is 11.6 Å². The number of aromatic nitrogens is 2. The second-order valence-electron chi connectivity index (χ2n) is 4.09. The van der Waals surface area contributed by atoms with E-state index in [0.717, 1.165) is 0 Å². The molecule has 0 spiro atoms. The van der Waals surface area contributed by atoms with Crippen LogP contribution < -0.4 is 9.79 Å². The second kappa shape index (κ2) is 4.94. The zero-order valence-corrected chi connectivity index (χ0v) is 10.8. The summed E-state index contributed by atoms with van der Waals surface area (Å²) in [4.78, 5) is 0. The normalized spacial score (nSPS) is 10.7. The van der Waals surface area contributed by atoms with E-state index in [9.17, 15) is 9.50 Å². The van der Waals surface area contributed by atoms with Crippen molar-refractivity contribution in [2.24, 2.45) is 0 Å². The van der Waals surface area contributed by atoms with Gasteiger partial charge in [0.1, 0.15) is 5.82 Å². The SMILES string of the molecule is [O-]c1on[n+](-c2ccc(F)c(Cl)c2)c1-c1ccccc1. The summed E-state index contributed by atoms with van der Waals surface area (Å²) in [6, 6.07) is 13.0. The van der Waals surface area contributed by atoms with Crippen molar-refractivity contribution < 1.29 is 18.7 Å². The zero-order chi connectivity index (χ0) is 14.1. The molecule has 100 valence electrons. The van der Waals surface area contributed by atoms with Crippen LogP contribution in [0.3, 0.4) is 0 Å². The molecular weight excluding hydrogens is 283 g/mol. The highest BCUT2D eigenvalue weighted by Crippen LogP contribution is 2.24. The Morgan fingerprint density at radius 3 is 2.60 bits per heavy atom. The van der Waals surface area contributed by atoms with E-state index in [1.807, 2.05) is 6.07 Å². The molecule has 6 heteroatoms. The first-order chi connectivity index (χ1) is 9.66. The summed E-state index contributed by atoms with van der Waals surface area (Å²) >= 11 is 5.74. The predicted molar refractivity (Wildman–Crippen MR) is 67.9 cm³/mol. The summed E-state index contributed by atoms with van der Waals surface area (Å²) in [5.41, 5.74) is 1.36. The van der Waals surface area contributed by atoms with Gasteiger partial charge in [-0.25, -0.2) is 4.39 Å². The Morgan fingerprint density at radius 2 is 1.90 bits per heavy atom. The topological polar surface area (TPSA) is 53.0 Å². The Balaban J connectivity index is 2.18. The maximum absolute atomic E-state index is 13.2. The van der Waals surface area contributed by atoms with Gasteiger partial charge in [-0.2, -0.15) is 0 Å². The fourth-order valence-corrected chi connectivity index (χ4v) is 2.05. The van der Waals surface area contributed by atoms with E-state index in [1.165, 1.54) is 22.9 Å². The van der Waals surface area contributed by atoms with Crippen molar-refractivity contribution in [3.05, 3.63) is 59.4 Å². The van der Waals surface area contributed by atoms with E-state index in [-0.39, 0.29) is 10.7 Å². The smallest absolute Gasteiger partial charge is 0.270 e. The van der Waals surface area contributed by atoms with Crippen LogP contribution in [0.25, 0.3) is 16.9 Å². The molecule has 0 fully saturated rings. The van der Waals surface area contributed by atoms with Crippen molar-refractivity contribution in [2.45, 2.75) is 0 Å². The molecule has 0 aliphatic carbocycles. The molecular formula is C14H8ClFN2O2. The Hall–Kier alpha value is -2.40. The first-order valence-corrected chi connectivity index (χ1v) is 6.14. The van der Waals surface area contributed by atoms with Crippen molar-refractivity contribution in [3.63, 3.8) is 0 Å². The van der Waals surface area contributed by atoms with Gasteiger partial charge in [-0.1, -0.05) is 29.8 Å². The van der Waals surface area contributed by atoms with Crippen LogP contribution in [-0.4, -0.2) is 5.27 Å². The number of nitrogens with zero attached hydrogens (tertiary/aromatic N) is 2. The molecule has 3 aromatic rings. The van der Waals surface area contributed by atoms with Gasteiger partial charge in [0.25, 0.3) is 5.69 Å². The van der Waals surface area contributed by atoms with Gasteiger partial charge in [0.15, 0.2) is 5.95 Å². The molecule has 0 saturated heterocycles. The van der Waals surface area contributed by atoms with Gasteiger partial charge < -0.3 is 9.63 Å². The van der Waals surface area contributed by atoms with Gasteiger partial charge >= 0.3 is 0 Å². The van der Waals surface area contributed by atoms with Gasteiger partial charge in [-0.05, 0) is 22.9 Å². The maximum atomic E-state index is 13.2. The summed E-state index contributed by atoms with van der Waals surface area (Å²) in [6.07, 6.45) is 0. The van der Waals surface area contributed by atoms with Crippen LogP contribution in [0.2, 0.25) is 5.02 Å². The van der Waals surface area contributed by atoms with E-state index in [0.29, 0.717) is 11.3 Å². The molecule has 0 saturated carbocycles. The van der Waals surface area contributed by atoms with E-state index in [1.54, 1.807) is 24.3 Å². The Kier molecular flexibility index (Phi) is 3.12. The largest absolute Gasteiger partial charge is 0.539 e. The van der Waals surface area contributed by atoms with Crippen LogP contribution in [-0.2, 0) is 0 Å². The monoisotopic (exact) mass is 290 g/mol. The summed E-state index contributed by atoms with van der Waals surface area (Å²) in [5, 5.41) is 15.4. The standard InChI is InChI=1S/C14H8ClFN2O2/c15-11-8-10(6-7-12(11)16)18-13(14(19)20-17-18)9-4-2-1-3-5-9/h1-8H. The highest BCUT2D eigenvalue weighted by Gasteiger charge is 2.22. The number of rotatable bonds is 2. The van der Waals surface area contributed by atoms with Crippen LogP contribution >= 0.6 is 11.6 Å². The van der Waals surface area contributed by atoms with Crippen molar-refractivity contribution in [1.82, 2.24) is 5.27 Å². The van der Waals surface area contributed by atoms with Gasteiger partial charge in [0, 0.05) is 12.1 Å². The lowest BCUT2D eigenvalue weighted by molar-refractivity contribution is -0.660. The summed E-state index contributed by atoms with van der Waals surface area (Å²) in [7, 11) is 0. The molecule has 4 nitrogen and oxygen atoms in total. The minimum atomic E-state index is -0.573. The molecule has 1 aromatic heterocycles. The first kappa shape index (κ1) is 12.6. The lowest BCUT2D eigenvalue weighted by Gasteiger charge is -1.99. The fourth-order valence-electron chi connectivity index (χ4n) is 1.88. The number of hydrogen-bond acceptors (Lipinski definition) is 3. The van der Waals surface area contributed by atoms with E-state index in [2.05, 4.69) is 5.27 Å². The molecule has 0 unspecified atom stereocenters. The van der Waals surface area contributed by atoms with E-state index >= 15 is 0 Å². The minimum absolute atomic E-state index is 0.0514. The summed E-state index contributed by atoms with van der Waals surface area (Å²) in [6.45, 7) is 0. The highest BCUT2D eigenvalue weighted by molar-refractivity contribution is 6.30. The minimum Gasteiger partial charge on any atom is -0.539 e. The van der Waals surface area contributed by atoms with E-state index < -0.39 is 11.8 Å². The third-order valence-electron chi connectivity index (χ3n) is 2.81. The molecule has 3 rings (SSSR count).